The lowest BCUT2D eigenvalue weighted by Crippen LogP contribution is -2.56. The van der Waals surface area contributed by atoms with Crippen LogP contribution in [0.25, 0.3) is 11.4 Å². The van der Waals surface area contributed by atoms with E-state index in [-0.39, 0.29) is 36.6 Å². The van der Waals surface area contributed by atoms with E-state index in [1.54, 1.807) is 26.6 Å². The number of oxazole rings is 1. The number of amides is 2. The lowest BCUT2D eigenvalue weighted by molar-refractivity contribution is -0.0373. The highest BCUT2D eigenvalue weighted by molar-refractivity contribution is 5.94. The Bertz CT molecular complexity index is 1270. The van der Waals surface area contributed by atoms with Gasteiger partial charge in [0.15, 0.2) is 11.7 Å². The molecular formula is C24H25FN6O4. The van der Waals surface area contributed by atoms with Gasteiger partial charge in [-0.2, -0.15) is 0 Å². The van der Waals surface area contributed by atoms with Gasteiger partial charge < -0.3 is 24.7 Å². The number of nitrogens with one attached hydrogen (secondary N) is 1. The van der Waals surface area contributed by atoms with E-state index in [9.17, 15) is 19.1 Å². The van der Waals surface area contributed by atoms with Crippen molar-refractivity contribution in [3.63, 3.8) is 0 Å². The molecule has 6 rings (SSSR count). The van der Waals surface area contributed by atoms with Gasteiger partial charge in [0.05, 0.1) is 24.5 Å². The van der Waals surface area contributed by atoms with Crippen LogP contribution in [0.5, 0.6) is 0 Å². The van der Waals surface area contributed by atoms with Crippen LogP contribution in [-0.2, 0) is 0 Å². The number of hydrogen-bond acceptors (Lipinski definition) is 7. The highest BCUT2D eigenvalue weighted by Crippen LogP contribution is 2.39. The fourth-order valence-corrected chi connectivity index (χ4v) is 4.68. The number of benzene rings is 1. The molecule has 2 aromatic heterocycles. The predicted molar refractivity (Wildman–Crippen MR) is 121 cm³/mol. The van der Waals surface area contributed by atoms with E-state index in [1.807, 2.05) is 0 Å². The zero-order chi connectivity index (χ0) is 24.2. The Labute approximate surface area is 200 Å². The van der Waals surface area contributed by atoms with E-state index in [2.05, 4.69) is 15.4 Å². The molecule has 35 heavy (non-hydrogen) atoms. The molecule has 2 amide bonds. The van der Waals surface area contributed by atoms with Crippen LogP contribution in [-0.4, -0.2) is 73.3 Å². The summed E-state index contributed by atoms with van der Waals surface area (Å²) >= 11 is 0. The Hall–Kier alpha value is -3.73. The Morgan fingerprint density at radius 1 is 1.17 bits per heavy atom. The van der Waals surface area contributed by atoms with Crippen LogP contribution in [0.15, 0.2) is 41.1 Å². The highest BCUT2D eigenvalue weighted by Gasteiger charge is 2.39. The minimum Gasteiger partial charge on any atom is -0.435 e. The second-order valence-electron chi connectivity index (χ2n) is 9.48. The van der Waals surface area contributed by atoms with Crippen LogP contribution in [0.2, 0.25) is 0 Å². The van der Waals surface area contributed by atoms with Crippen molar-refractivity contribution in [1.29, 1.82) is 0 Å². The second kappa shape index (κ2) is 8.19. The summed E-state index contributed by atoms with van der Waals surface area (Å²) in [6, 6.07) is 5.89. The molecule has 0 atom stereocenters. The van der Waals surface area contributed by atoms with Crippen LogP contribution >= 0.6 is 0 Å². The van der Waals surface area contributed by atoms with E-state index < -0.39 is 5.60 Å². The molecule has 1 aliphatic carbocycles. The molecule has 2 fully saturated rings. The summed E-state index contributed by atoms with van der Waals surface area (Å²) in [5, 5.41) is 11.2. The molecule has 1 saturated heterocycles. The average Bonchev–Trinajstić information content (AvgIpc) is 3.42. The number of carbonyl (C=O) groups excluding carboxylic acids is 2. The van der Waals surface area contributed by atoms with Gasteiger partial charge in [-0.3, -0.25) is 9.59 Å². The number of β-amino-alcohol motifs (C(OH)–C–C–N with tert-alkyl or cyclic N) is 1. The topological polar surface area (TPSA) is 117 Å². The van der Waals surface area contributed by atoms with Crippen LogP contribution in [0.4, 0.5) is 4.39 Å². The van der Waals surface area contributed by atoms with Crippen molar-refractivity contribution in [2.24, 2.45) is 0 Å². The van der Waals surface area contributed by atoms with Gasteiger partial charge in [0, 0.05) is 24.6 Å². The molecule has 2 N–H and O–H groups in total. The summed E-state index contributed by atoms with van der Waals surface area (Å²) < 4.78 is 20.5. The van der Waals surface area contributed by atoms with Gasteiger partial charge >= 0.3 is 0 Å². The summed E-state index contributed by atoms with van der Waals surface area (Å²) in [6.45, 7) is 1.03. The van der Waals surface area contributed by atoms with Gasteiger partial charge in [-0.25, -0.2) is 19.0 Å². The Morgan fingerprint density at radius 3 is 2.63 bits per heavy atom. The zero-order valence-corrected chi connectivity index (χ0v) is 19.0. The second-order valence-corrected chi connectivity index (χ2v) is 9.48. The number of imidazole rings is 1. The molecule has 4 heterocycles. The van der Waals surface area contributed by atoms with Gasteiger partial charge in [0.1, 0.15) is 18.2 Å². The first kappa shape index (κ1) is 21.8. The van der Waals surface area contributed by atoms with Crippen molar-refractivity contribution in [2.45, 2.75) is 37.2 Å². The van der Waals surface area contributed by atoms with Crippen molar-refractivity contribution >= 4 is 11.8 Å². The molecule has 0 radical (unpaired) electrons. The highest BCUT2D eigenvalue weighted by atomic mass is 19.1. The molecule has 0 spiro atoms. The Balaban J connectivity index is 1.09. The largest absolute Gasteiger partial charge is 0.435 e. The quantitative estimate of drug-likeness (QED) is 0.575. The fourth-order valence-electron chi connectivity index (χ4n) is 4.68. The molecule has 3 aliphatic rings. The number of rotatable bonds is 5. The third-order valence-corrected chi connectivity index (χ3v) is 6.92. The monoisotopic (exact) mass is 480 g/mol. The third-order valence-electron chi connectivity index (χ3n) is 6.92. The van der Waals surface area contributed by atoms with E-state index in [0.717, 1.165) is 12.8 Å². The van der Waals surface area contributed by atoms with Gasteiger partial charge in [-0.05, 0) is 49.9 Å². The number of nitrogens with zero attached hydrogens (tertiary/aromatic N) is 5. The number of likely N-dealkylation sites (tertiary alicyclic amines) is 1. The summed E-state index contributed by atoms with van der Waals surface area (Å²) in [5.41, 5.74) is 3.05. The number of aromatic nitrogens is 3. The molecular weight excluding hydrogens is 455 g/mol. The number of piperidine rings is 1. The molecule has 10 nitrogen and oxygen atoms in total. The molecule has 1 saturated carbocycles. The zero-order valence-electron chi connectivity index (χ0n) is 19.0. The molecule has 2 aliphatic heterocycles. The maximum atomic E-state index is 13.3. The molecule has 0 bridgehead atoms. The number of aliphatic hydroxyl groups is 1. The SMILES string of the molecule is O=C(c1cnc(C2CC2)o1)N1CCC(O)(CN2CNn3c(cnc3-c3ccc(F)cc3)C2=O)CC1. The minimum absolute atomic E-state index is 0.131. The maximum absolute atomic E-state index is 13.3. The molecule has 182 valence electrons. The van der Waals surface area contributed by atoms with Gasteiger partial charge in [-0.1, -0.05) is 0 Å². The van der Waals surface area contributed by atoms with Crippen molar-refractivity contribution < 1.29 is 23.5 Å². The van der Waals surface area contributed by atoms with Crippen LogP contribution < -0.4 is 5.43 Å². The van der Waals surface area contributed by atoms with Crippen LogP contribution in [0.3, 0.4) is 0 Å². The van der Waals surface area contributed by atoms with Crippen molar-refractivity contribution in [2.75, 3.05) is 31.7 Å². The summed E-state index contributed by atoms with van der Waals surface area (Å²) in [6.07, 6.45) is 5.72. The minimum atomic E-state index is -1.11. The lowest BCUT2D eigenvalue weighted by Gasteiger charge is -2.41. The first-order valence-electron chi connectivity index (χ1n) is 11.7. The number of fused-ring (bicyclic) bond motifs is 1. The van der Waals surface area contributed by atoms with Crippen molar-refractivity contribution in [3.8, 4) is 11.4 Å². The van der Waals surface area contributed by atoms with Crippen LogP contribution in [0.1, 0.15) is 58.5 Å². The van der Waals surface area contributed by atoms with E-state index >= 15 is 0 Å². The standard InChI is InChI=1S/C24H25FN6O4/c25-17-5-3-15(4-6-17)20-26-11-18-22(32)30(14-28-31(18)20)13-24(34)7-9-29(10-8-24)23(33)19-12-27-21(35-19)16-1-2-16/h3-6,11-12,16,28,34H,1-2,7-10,13-14H2. The summed E-state index contributed by atoms with van der Waals surface area (Å²) in [5.74, 6) is 0.875. The lowest BCUT2D eigenvalue weighted by atomic mass is 9.90. The van der Waals surface area contributed by atoms with Gasteiger partial charge in [0.25, 0.3) is 11.8 Å². The average molecular weight is 481 g/mol. The van der Waals surface area contributed by atoms with Crippen molar-refractivity contribution in [3.05, 3.63) is 59.8 Å². The summed E-state index contributed by atoms with van der Waals surface area (Å²) in [7, 11) is 0. The Morgan fingerprint density at radius 2 is 1.91 bits per heavy atom. The van der Waals surface area contributed by atoms with E-state index in [4.69, 9.17) is 4.42 Å². The van der Waals surface area contributed by atoms with Crippen molar-refractivity contribution in [1.82, 2.24) is 24.4 Å². The van der Waals surface area contributed by atoms with E-state index in [1.165, 1.54) is 24.5 Å². The van der Waals surface area contributed by atoms with Gasteiger partial charge in [0.2, 0.25) is 5.76 Å². The van der Waals surface area contributed by atoms with E-state index in [0.29, 0.717) is 54.8 Å². The first-order chi connectivity index (χ1) is 16.9. The fraction of sp³-hybridized carbons (Fsp3) is 0.417. The number of carbonyl (C=O) groups is 2. The number of hydrogen-bond donors (Lipinski definition) is 2. The van der Waals surface area contributed by atoms with Gasteiger partial charge in [-0.15, -0.1) is 0 Å². The molecule has 3 aromatic rings. The Kier molecular flexibility index (Phi) is 5.10. The number of halogens is 1. The van der Waals surface area contributed by atoms with Crippen LogP contribution in [0, 0.1) is 5.82 Å². The normalized spacial score (nSPS) is 19.4. The smallest absolute Gasteiger partial charge is 0.291 e. The first-order valence-corrected chi connectivity index (χ1v) is 11.7. The maximum Gasteiger partial charge on any atom is 0.291 e. The molecule has 11 heteroatoms. The molecule has 0 unspecified atom stereocenters. The third kappa shape index (κ3) is 4.05. The molecule has 1 aromatic carbocycles. The predicted octanol–water partition coefficient (Wildman–Crippen LogP) is 2.18. The summed E-state index contributed by atoms with van der Waals surface area (Å²) in [4.78, 5) is 37.7.